The molecule has 0 aliphatic rings. The largest absolute Gasteiger partial charge is 0.492 e. The van der Waals surface area contributed by atoms with Crippen LogP contribution in [-0.4, -0.2) is 29.5 Å². The van der Waals surface area contributed by atoms with Crippen LogP contribution in [0.5, 0.6) is 11.6 Å². The Labute approximate surface area is 107 Å². The Morgan fingerprint density at radius 2 is 2.11 bits per heavy atom. The van der Waals surface area contributed by atoms with E-state index in [1.165, 1.54) is 10.6 Å². The molecule has 5 heteroatoms. The van der Waals surface area contributed by atoms with E-state index in [9.17, 15) is 9.90 Å². The fourth-order valence-electron chi connectivity index (χ4n) is 1.70. The van der Waals surface area contributed by atoms with Crippen LogP contribution in [0.15, 0.2) is 10.9 Å². The molecule has 1 aromatic heterocycles. The number of pyridine rings is 1. The predicted octanol–water partition coefficient (Wildman–Crippen LogP) is 1.69. The summed E-state index contributed by atoms with van der Waals surface area (Å²) in [6.07, 6.45) is 0.605. The highest BCUT2D eigenvalue weighted by Crippen LogP contribution is 2.28. The van der Waals surface area contributed by atoms with Crippen LogP contribution in [-0.2, 0) is 11.3 Å². The van der Waals surface area contributed by atoms with Crippen LogP contribution in [0.3, 0.4) is 0 Å². The van der Waals surface area contributed by atoms with E-state index in [0.717, 1.165) is 0 Å². The second kappa shape index (κ2) is 6.44. The van der Waals surface area contributed by atoms with E-state index in [1.54, 1.807) is 14.0 Å². The van der Waals surface area contributed by atoms with Crippen molar-refractivity contribution in [3.05, 3.63) is 22.0 Å². The first-order chi connectivity index (χ1) is 8.47. The highest BCUT2D eigenvalue weighted by Gasteiger charge is 2.14. The van der Waals surface area contributed by atoms with Gasteiger partial charge in [-0.1, -0.05) is 0 Å². The molecule has 0 saturated carbocycles. The molecule has 1 aromatic rings. The molecule has 5 nitrogen and oxygen atoms in total. The second-order valence-electron chi connectivity index (χ2n) is 4.48. The number of aromatic nitrogens is 1. The number of aryl methyl sites for hydroxylation is 1. The molecule has 0 saturated heterocycles. The van der Waals surface area contributed by atoms with E-state index in [2.05, 4.69) is 0 Å². The van der Waals surface area contributed by atoms with Crippen LogP contribution in [0.25, 0.3) is 0 Å². The molecule has 1 N–H and O–H groups in total. The lowest BCUT2D eigenvalue weighted by atomic mass is 10.2. The van der Waals surface area contributed by atoms with Crippen molar-refractivity contribution in [3.8, 4) is 11.6 Å². The summed E-state index contributed by atoms with van der Waals surface area (Å²) in [5, 5.41) is 10.1. The summed E-state index contributed by atoms with van der Waals surface area (Å²) in [6.45, 7) is 6.45. The lowest BCUT2D eigenvalue weighted by Crippen LogP contribution is -2.22. The number of ether oxygens (including phenoxy) is 2. The maximum absolute atomic E-state index is 11.8. The highest BCUT2D eigenvalue weighted by atomic mass is 16.5. The standard InChI is InChI=1S/C13H21NO4/c1-9(2)18-12-10(3)8-11(15)14(13(12)16)6-5-7-17-4/h8-9,16H,5-7H2,1-4H3. The Bertz CT molecular complexity index is 451. The van der Waals surface area contributed by atoms with Crippen LogP contribution >= 0.6 is 0 Å². The molecule has 0 atom stereocenters. The summed E-state index contributed by atoms with van der Waals surface area (Å²) in [6, 6.07) is 1.48. The smallest absolute Gasteiger partial charge is 0.253 e. The first-order valence-electron chi connectivity index (χ1n) is 6.06. The van der Waals surface area contributed by atoms with Gasteiger partial charge in [-0.2, -0.15) is 0 Å². The van der Waals surface area contributed by atoms with Gasteiger partial charge in [-0.25, -0.2) is 0 Å². The third-order valence-corrected chi connectivity index (χ3v) is 2.51. The Kier molecular flexibility index (Phi) is 5.22. The quantitative estimate of drug-likeness (QED) is 0.786. The Morgan fingerprint density at radius 3 is 2.67 bits per heavy atom. The minimum atomic E-state index is -0.225. The van der Waals surface area contributed by atoms with E-state index in [-0.39, 0.29) is 17.5 Å². The lowest BCUT2D eigenvalue weighted by molar-refractivity contribution is 0.186. The van der Waals surface area contributed by atoms with Crippen LogP contribution in [0.4, 0.5) is 0 Å². The zero-order valence-electron chi connectivity index (χ0n) is 11.4. The van der Waals surface area contributed by atoms with Gasteiger partial charge in [0.05, 0.1) is 6.10 Å². The predicted molar refractivity (Wildman–Crippen MR) is 69.4 cm³/mol. The van der Waals surface area contributed by atoms with E-state index in [1.807, 2.05) is 13.8 Å². The van der Waals surface area contributed by atoms with Crippen molar-refractivity contribution in [2.45, 2.75) is 39.8 Å². The number of hydrogen-bond donors (Lipinski definition) is 1. The van der Waals surface area contributed by atoms with E-state index >= 15 is 0 Å². The average molecular weight is 255 g/mol. The van der Waals surface area contributed by atoms with Gasteiger partial charge in [0, 0.05) is 31.9 Å². The minimum absolute atomic E-state index is 0.0560. The molecule has 0 amide bonds. The van der Waals surface area contributed by atoms with Crippen molar-refractivity contribution in [1.29, 1.82) is 0 Å². The number of methoxy groups -OCH3 is 1. The van der Waals surface area contributed by atoms with Gasteiger partial charge < -0.3 is 14.6 Å². The SMILES string of the molecule is COCCCn1c(O)c(OC(C)C)c(C)cc1=O. The first kappa shape index (κ1) is 14.6. The average Bonchev–Trinajstić information content (AvgIpc) is 2.28. The Morgan fingerprint density at radius 1 is 1.44 bits per heavy atom. The molecule has 102 valence electrons. The molecule has 0 aliphatic carbocycles. The van der Waals surface area contributed by atoms with Crippen molar-refractivity contribution in [2.24, 2.45) is 0 Å². The minimum Gasteiger partial charge on any atom is -0.492 e. The van der Waals surface area contributed by atoms with E-state index < -0.39 is 0 Å². The molecule has 0 aliphatic heterocycles. The van der Waals surface area contributed by atoms with Gasteiger partial charge in [-0.3, -0.25) is 9.36 Å². The van der Waals surface area contributed by atoms with Crippen LogP contribution < -0.4 is 10.3 Å². The fraction of sp³-hybridized carbons (Fsp3) is 0.615. The topological polar surface area (TPSA) is 60.7 Å². The van der Waals surface area contributed by atoms with E-state index in [4.69, 9.17) is 9.47 Å². The molecule has 0 aromatic carbocycles. The lowest BCUT2D eigenvalue weighted by Gasteiger charge is -2.17. The molecule has 0 spiro atoms. The fourth-order valence-corrected chi connectivity index (χ4v) is 1.70. The molecule has 0 bridgehead atoms. The zero-order chi connectivity index (χ0) is 13.7. The normalized spacial score (nSPS) is 10.9. The molecule has 0 unspecified atom stereocenters. The monoisotopic (exact) mass is 255 g/mol. The van der Waals surface area contributed by atoms with Gasteiger partial charge in [0.15, 0.2) is 5.75 Å². The molecular formula is C13H21NO4. The summed E-state index contributed by atoms with van der Waals surface area (Å²) in [4.78, 5) is 11.8. The summed E-state index contributed by atoms with van der Waals surface area (Å²) < 4.78 is 11.8. The van der Waals surface area contributed by atoms with Crippen molar-refractivity contribution < 1.29 is 14.6 Å². The number of nitrogens with zero attached hydrogens (tertiary/aromatic N) is 1. The maximum Gasteiger partial charge on any atom is 0.253 e. The van der Waals surface area contributed by atoms with Crippen LogP contribution in [0.2, 0.25) is 0 Å². The Hall–Kier alpha value is -1.49. The van der Waals surface area contributed by atoms with E-state index in [0.29, 0.717) is 30.9 Å². The van der Waals surface area contributed by atoms with Crippen molar-refractivity contribution in [1.82, 2.24) is 4.57 Å². The zero-order valence-corrected chi connectivity index (χ0v) is 11.4. The molecular weight excluding hydrogens is 234 g/mol. The van der Waals surface area contributed by atoms with Crippen LogP contribution in [0.1, 0.15) is 25.8 Å². The van der Waals surface area contributed by atoms with Crippen LogP contribution in [0, 0.1) is 6.92 Å². The summed E-state index contributed by atoms with van der Waals surface area (Å²) in [5.41, 5.74) is 0.423. The van der Waals surface area contributed by atoms with Gasteiger partial charge in [0.2, 0.25) is 5.88 Å². The number of aromatic hydroxyl groups is 1. The van der Waals surface area contributed by atoms with Gasteiger partial charge >= 0.3 is 0 Å². The van der Waals surface area contributed by atoms with Gasteiger partial charge in [0.25, 0.3) is 5.56 Å². The molecule has 1 rings (SSSR count). The third-order valence-electron chi connectivity index (χ3n) is 2.51. The summed E-state index contributed by atoms with van der Waals surface area (Å²) >= 11 is 0. The van der Waals surface area contributed by atoms with Crippen molar-refractivity contribution in [2.75, 3.05) is 13.7 Å². The van der Waals surface area contributed by atoms with Crippen molar-refractivity contribution in [3.63, 3.8) is 0 Å². The summed E-state index contributed by atoms with van der Waals surface area (Å²) in [7, 11) is 1.60. The second-order valence-corrected chi connectivity index (χ2v) is 4.48. The molecule has 1 heterocycles. The molecule has 0 fully saturated rings. The molecule has 18 heavy (non-hydrogen) atoms. The van der Waals surface area contributed by atoms with Crippen molar-refractivity contribution >= 4 is 0 Å². The third kappa shape index (κ3) is 3.50. The molecule has 0 radical (unpaired) electrons. The first-order valence-corrected chi connectivity index (χ1v) is 6.06. The summed E-state index contributed by atoms with van der Waals surface area (Å²) in [5.74, 6) is 0.270. The Balaban J connectivity index is 3.06. The number of hydrogen-bond acceptors (Lipinski definition) is 4. The maximum atomic E-state index is 11.8. The van der Waals surface area contributed by atoms with Gasteiger partial charge in [0.1, 0.15) is 0 Å². The highest BCUT2D eigenvalue weighted by molar-refractivity contribution is 5.40. The number of rotatable bonds is 6. The van der Waals surface area contributed by atoms with Gasteiger partial charge in [-0.15, -0.1) is 0 Å². The van der Waals surface area contributed by atoms with Gasteiger partial charge in [-0.05, 0) is 27.2 Å².